The quantitative estimate of drug-likeness (QED) is 0.303. The summed E-state index contributed by atoms with van der Waals surface area (Å²) in [6.07, 6.45) is 5.50. The number of nitrogens with one attached hydrogen (secondary N) is 1. The van der Waals surface area contributed by atoms with Gasteiger partial charge < -0.3 is 29.7 Å². The SMILES string of the molecule is COc1ccccc1CCNC(=O)CC1CN(C(=O)COCC(=O)O)CCN1c1cc(Cl)nc(-n2ccnc2)n1. The molecule has 14 heteroatoms. The maximum atomic E-state index is 13.0. The lowest BCUT2D eigenvalue weighted by atomic mass is 10.1. The molecular formula is C26H30ClN7O6. The number of carboxylic acid groups (broad SMARTS) is 1. The number of imidazole rings is 1. The molecule has 1 aliphatic rings. The number of hydrogen-bond donors (Lipinski definition) is 2. The molecule has 1 saturated heterocycles. The van der Waals surface area contributed by atoms with E-state index in [4.69, 9.17) is 26.2 Å². The van der Waals surface area contributed by atoms with Crippen LogP contribution in [0.2, 0.25) is 5.15 Å². The van der Waals surface area contributed by atoms with Crippen LogP contribution in [0, 0.1) is 0 Å². The standard InChI is InChI=1S/C26H30ClN7O6/c1-39-20-5-3-2-4-18(20)6-7-29-23(35)12-19-14-32(24(36)15-40-16-25(37)38)10-11-34(19)22-13-21(27)30-26(31-22)33-9-8-28-17-33/h2-5,8-9,13,17,19H,6-7,10-12,14-16H2,1H3,(H,29,35)(H,37,38). The maximum absolute atomic E-state index is 13.0. The monoisotopic (exact) mass is 571 g/mol. The van der Waals surface area contributed by atoms with Crippen molar-refractivity contribution in [3.05, 3.63) is 59.8 Å². The van der Waals surface area contributed by atoms with E-state index in [-0.39, 0.29) is 36.5 Å². The van der Waals surface area contributed by atoms with Crippen molar-refractivity contribution in [2.24, 2.45) is 0 Å². The number of amides is 2. The second kappa shape index (κ2) is 13.7. The predicted octanol–water partition coefficient (Wildman–Crippen LogP) is 1.19. The van der Waals surface area contributed by atoms with Crippen LogP contribution in [0.5, 0.6) is 5.75 Å². The molecule has 0 bridgehead atoms. The average Bonchev–Trinajstić information content (AvgIpc) is 3.48. The summed E-state index contributed by atoms with van der Waals surface area (Å²) in [5.41, 5.74) is 0.977. The molecular weight excluding hydrogens is 542 g/mol. The molecule has 0 radical (unpaired) electrons. The maximum Gasteiger partial charge on any atom is 0.329 e. The minimum Gasteiger partial charge on any atom is -0.496 e. The Labute approximate surface area is 235 Å². The van der Waals surface area contributed by atoms with Crippen molar-refractivity contribution in [3.8, 4) is 11.7 Å². The molecule has 2 aromatic heterocycles. The van der Waals surface area contributed by atoms with Gasteiger partial charge in [0.25, 0.3) is 0 Å². The first-order valence-electron chi connectivity index (χ1n) is 12.6. The van der Waals surface area contributed by atoms with E-state index >= 15 is 0 Å². The van der Waals surface area contributed by atoms with Crippen molar-refractivity contribution in [2.45, 2.75) is 18.9 Å². The summed E-state index contributed by atoms with van der Waals surface area (Å²) in [5.74, 6) is -0.137. The fraction of sp³-hybridized carbons (Fsp3) is 0.385. The normalized spacial score (nSPS) is 15.1. The first kappa shape index (κ1) is 28.8. The lowest BCUT2D eigenvalue weighted by Crippen LogP contribution is -2.57. The molecule has 4 rings (SSSR count). The van der Waals surface area contributed by atoms with Gasteiger partial charge in [-0.05, 0) is 18.1 Å². The highest BCUT2D eigenvalue weighted by Gasteiger charge is 2.32. The van der Waals surface area contributed by atoms with Crippen molar-refractivity contribution in [1.29, 1.82) is 0 Å². The molecule has 1 atom stereocenters. The van der Waals surface area contributed by atoms with E-state index < -0.39 is 18.6 Å². The van der Waals surface area contributed by atoms with Gasteiger partial charge in [0.1, 0.15) is 36.3 Å². The number of carbonyl (C=O) groups is 3. The number of halogens is 1. The summed E-state index contributed by atoms with van der Waals surface area (Å²) >= 11 is 6.32. The Hall–Kier alpha value is -4.23. The Morgan fingerprint density at radius 2 is 2.00 bits per heavy atom. The zero-order valence-corrected chi connectivity index (χ0v) is 22.7. The zero-order chi connectivity index (χ0) is 28.5. The summed E-state index contributed by atoms with van der Waals surface area (Å²) in [4.78, 5) is 52.9. The molecule has 13 nitrogen and oxygen atoms in total. The Bertz CT molecular complexity index is 1320. The van der Waals surface area contributed by atoms with Crippen LogP contribution in [0.25, 0.3) is 5.95 Å². The predicted molar refractivity (Wildman–Crippen MR) is 145 cm³/mol. The van der Waals surface area contributed by atoms with Crippen molar-refractivity contribution in [2.75, 3.05) is 51.4 Å². The number of rotatable bonds is 12. The molecule has 2 N–H and O–H groups in total. The Morgan fingerprint density at radius 3 is 2.75 bits per heavy atom. The minimum atomic E-state index is -1.16. The third-order valence-corrected chi connectivity index (χ3v) is 6.51. The number of aromatic nitrogens is 4. The molecule has 0 saturated carbocycles. The summed E-state index contributed by atoms with van der Waals surface area (Å²) in [5, 5.41) is 12.0. The third-order valence-electron chi connectivity index (χ3n) is 6.32. The number of methoxy groups -OCH3 is 1. The van der Waals surface area contributed by atoms with Gasteiger partial charge in [-0.25, -0.2) is 14.8 Å². The van der Waals surface area contributed by atoms with Gasteiger partial charge in [0.15, 0.2) is 0 Å². The molecule has 1 aromatic carbocycles. The van der Waals surface area contributed by atoms with E-state index in [9.17, 15) is 14.4 Å². The average molecular weight is 572 g/mol. The highest BCUT2D eigenvalue weighted by Crippen LogP contribution is 2.24. The topological polar surface area (TPSA) is 152 Å². The highest BCUT2D eigenvalue weighted by atomic mass is 35.5. The summed E-state index contributed by atoms with van der Waals surface area (Å²) in [7, 11) is 1.60. The van der Waals surface area contributed by atoms with Crippen LogP contribution in [0.15, 0.2) is 49.1 Å². The molecule has 212 valence electrons. The van der Waals surface area contributed by atoms with Crippen molar-refractivity contribution in [1.82, 2.24) is 29.7 Å². The van der Waals surface area contributed by atoms with Gasteiger partial charge in [-0.3, -0.25) is 14.2 Å². The number of benzene rings is 1. The number of hydrogen-bond acceptors (Lipinski definition) is 9. The first-order valence-corrected chi connectivity index (χ1v) is 13.0. The Kier molecular flexibility index (Phi) is 9.86. The number of anilines is 1. The fourth-order valence-corrected chi connectivity index (χ4v) is 4.61. The van der Waals surface area contributed by atoms with Crippen LogP contribution >= 0.6 is 11.6 Å². The van der Waals surface area contributed by atoms with Gasteiger partial charge in [0, 0.05) is 51.1 Å². The molecule has 0 spiro atoms. The Balaban J connectivity index is 1.47. The van der Waals surface area contributed by atoms with Crippen molar-refractivity contribution in [3.63, 3.8) is 0 Å². The number of carboxylic acids is 1. The number of ether oxygens (including phenoxy) is 2. The number of para-hydroxylation sites is 1. The van der Waals surface area contributed by atoms with Crippen LogP contribution in [0.4, 0.5) is 5.82 Å². The molecule has 1 aliphatic heterocycles. The van der Waals surface area contributed by atoms with Gasteiger partial charge in [0.05, 0.1) is 13.2 Å². The molecule has 0 aliphatic carbocycles. The first-order chi connectivity index (χ1) is 19.3. The second-order valence-corrected chi connectivity index (χ2v) is 9.40. The largest absolute Gasteiger partial charge is 0.496 e. The molecule has 1 fully saturated rings. The number of piperazine rings is 1. The van der Waals surface area contributed by atoms with Crippen LogP contribution in [0.1, 0.15) is 12.0 Å². The number of nitrogens with zero attached hydrogens (tertiary/aromatic N) is 6. The van der Waals surface area contributed by atoms with Gasteiger partial charge in [0.2, 0.25) is 17.8 Å². The van der Waals surface area contributed by atoms with Crippen LogP contribution in [0.3, 0.4) is 0 Å². The van der Waals surface area contributed by atoms with Gasteiger partial charge >= 0.3 is 5.97 Å². The number of carbonyl (C=O) groups excluding carboxylic acids is 2. The van der Waals surface area contributed by atoms with E-state index in [1.807, 2.05) is 29.2 Å². The molecule has 3 aromatic rings. The van der Waals surface area contributed by atoms with Crippen LogP contribution in [-0.2, 0) is 25.5 Å². The summed E-state index contributed by atoms with van der Waals surface area (Å²) < 4.78 is 12.0. The molecule has 40 heavy (non-hydrogen) atoms. The van der Waals surface area contributed by atoms with Crippen LogP contribution in [-0.4, -0.2) is 99.9 Å². The van der Waals surface area contributed by atoms with E-state index in [0.29, 0.717) is 37.8 Å². The van der Waals surface area contributed by atoms with Crippen LogP contribution < -0.4 is 15.0 Å². The molecule has 1 unspecified atom stereocenters. The van der Waals surface area contributed by atoms with E-state index in [1.54, 1.807) is 41.4 Å². The third kappa shape index (κ3) is 7.67. The molecule has 2 amide bonds. The van der Waals surface area contributed by atoms with Gasteiger partial charge in [-0.15, -0.1) is 0 Å². The Morgan fingerprint density at radius 1 is 1.18 bits per heavy atom. The fourth-order valence-electron chi connectivity index (χ4n) is 4.44. The summed E-state index contributed by atoms with van der Waals surface area (Å²) in [6, 6.07) is 8.78. The summed E-state index contributed by atoms with van der Waals surface area (Å²) in [6.45, 7) is 0.358. The van der Waals surface area contributed by atoms with Crippen molar-refractivity contribution < 1.29 is 29.0 Å². The lowest BCUT2D eigenvalue weighted by Gasteiger charge is -2.42. The molecule has 3 heterocycles. The van der Waals surface area contributed by atoms with E-state index in [1.165, 1.54) is 0 Å². The van der Waals surface area contributed by atoms with E-state index in [0.717, 1.165) is 11.3 Å². The zero-order valence-electron chi connectivity index (χ0n) is 21.9. The van der Waals surface area contributed by atoms with Gasteiger partial charge in [-0.2, -0.15) is 4.98 Å². The lowest BCUT2D eigenvalue weighted by molar-refractivity contribution is -0.146. The highest BCUT2D eigenvalue weighted by molar-refractivity contribution is 6.29. The van der Waals surface area contributed by atoms with Crippen molar-refractivity contribution >= 4 is 35.2 Å². The smallest absolute Gasteiger partial charge is 0.329 e. The number of aliphatic carboxylic acids is 1. The second-order valence-electron chi connectivity index (χ2n) is 9.01. The van der Waals surface area contributed by atoms with E-state index in [2.05, 4.69) is 20.3 Å². The minimum absolute atomic E-state index is 0.0771. The van der Waals surface area contributed by atoms with Gasteiger partial charge in [-0.1, -0.05) is 29.8 Å².